The molecule has 2 aromatic rings. The van der Waals surface area contributed by atoms with Crippen molar-refractivity contribution in [1.29, 1.82) is 0 Å². The Morgan fingerprint density at radius 1 is 1.06 bits per heavy atom. The molecule has 1 fully saturated rings. The smallest absolute Gasteiger partial charge is 0.359 e. The van der Waals surface area contributed by atoms with E-state index in [0.29, 0.717) is 12.1 Å². The minimum atomic E-state index is -4.99. The summed E-state index contributed by atoms with van der Waals surface area (Å²) in [4.78, 5) is 15.5. The molecule has 1 aliphatic carbocycles. The third kappa shape index (κ3) is 6.41. The van der Waals surface area contributed by atoms with Gasteiger partial charge in [0.2, 0.25) is 0 Å². The van der Waals surface area contributed by atoms with E-state index in [9.17, 15) is 31.1 Å². The molecule has 0 radical (unpaired) electrons. The van der Waals surface area contributed by atoms with Crippen LogP contribution in [0.5, 0.6) is 0 Å². The van der Waals surface area contributed by atoms with Crippen LogP contribution in [0.25, 0.3) is 17.6 Å². The molecule has 0 atom stereocenters. The predicted molar refractivity (Wildman–Crippen MR) is 101 cm³/mol. The maximum absolute atomic E-state index is 13.0. The van der Waals surface area contributed by atoms with Crippen molar-refractivity contribution in [2.75, 3.05) is 0 Å². The number of halogens is 6. The molecule has 3 rings (SSSR count). The standard InChI is InChI=1S/C17H14F6N6OS/c18-16(19,20)10-5-9(6-11(7-10)17(21,22)23)14-24-8-29(28-14)4-3-13(30)26-27-15(31)25-12-1-2-12/h3-8,12H,1-2H2,(H,26,30)(H2,25,27,31)/b4-3-. The van der Waals surface area contributed by atoms with Gasteiger partial charge in [0.1, 0.15) is 6.33 Å². The Morgan fingerprint density at radius 3 is 2.23 bits per heavy atom. The summed E-state index contributed by atoms with van der Waals surface area (Å²) in [5.74, 6) is -1.01. The summed E-state index contributed by atoms with van der Waals surface area (Å²) in [6.07, 6.45) is -4.85. The largest absolute Gasteiger partial charge is 0.416 e. The van der Waals surface area contributed by atoms with Crippen LogP contribution in [0.3, 0.4) is 0 Å². The Labute approximate surface area is 176 Å². The minimum absolute atomic E-state index is 0.0141. The number of amides is 1. The van der Waals surface area contributed by atoms with Gasteiger partial charge in [0.25, 0.3) is 5.91 Å². The third-order valence-corrected chi connectivity index (χ3v) is 4.16. The number of nitrogens with one attached hydrogen (secondary N) is 3. The predicted octanol–water partition coefficient (Wildman–Crippen LogP) is 3.11. The van der Waals surface area contributed by atoms with Gasteiger partial charge >= 0.3 is 12.4 Å². The SMILES string of the molecule is O=C(/C=C\n1cnc(-c2cc(C(F)(F)F)cc(C(F)(F)F)c2)n1)NNC(=S)NC1CC1. The molecular weight excluding hydrogens is 450 g/mol. The Kier molecular flexibility index (Phi) is 6.20. The molecule has 1 saturated carbocycles. The van der Waals surface area contributed by atoms with Gasteiger partial charge in [0.05, 0.1) is 11.1 Å². The second kappa shape index (κ2) is 8.53. The number of hydrogen-bond donors (Lipinski definition) is 3. The van der Waals surface area contributed by atoms with Crippen molar-refractivity contribution in [3.63, 3.8) is 0 Å². The molecule has 3 N–H and O–H groups in total. The van der Waals surface area contributed by atoms with Gasteiger partial charge in [-0.3, -0.25) is 15.6 Å². The number of carbonyl (C=O) groups is 1. The molecule has 1 aromatic heterocycles. The normalized spacial score (nSPS) is 14.5. The van der Waals surface area contributed by atoms with E-state index in [1.54, 1.807) is 0 Å². The van der Waals surface area contributed by atoms with Crippen LogP contribution in [-0.2, 0) is 17.1 Å². The molecule has 1 amide bonds. The lowest BCUT2D eigenvalue weighted by molar-refractivity contribution is -0.143. The number of alkyl halides is 6. The quantitative estimate of drug-likeness (QED) is 0.279. The van der Waals surface area contributed by atoms with Crippen LogP contribution >= 0.6 is 12.2 Å². The van der Waals surface area contributed by atoms with Crippen LogP contribution < -0.4 is 16.2 Å². The van der Waals surface area contributed by atoms with E-state index >= 15 is 0 Å². The highest BCUT2D eigenvalue weighted by Crippen LogP contribution is 2.38. The molecule has 0 spiro atoms. The van der Waals surface area contributed by atoms with Crippen molar-refractivity contribution in [1.82, 2.24) is 30.9 Å². The van der Waals surface area contributed by atoms with Crippen LogP contribution in [0.15, 0.2) is 30.6 Å². The van der Waals surface area contributed by atoms with Gasteiger partial charge in [0.15, 0.2) is 10.9 Å². The van der Waals surface area contributed by atoms with Crippen LogP contribution in [-0.4, -0.2) is 31.8 Å². The number of carbonyl (C=O) groups excluding carboxylic acids is 1. The minimum Gasteiger partial charge on any atom is -0.359 e. The highest BCUT2D eigenvalue weighted by Gasteiger charge is 2.37. The van der Waals surface area contributed by atoms with Crippen LogP contribution in [0.2, 0.25) is 0 Å². The first-order chi connectivity index (χ1) is 14.4. The molecule has 7 nitrogen and oxygen atoms in total. The monoisotopic (exact) mass is 464 g/mol. The maximum atomic E-state index is 13.0. The zero-order chi connectivity index (χ0) is 22.8. The lowest BCUT2D eigenvalue weighted by Gasteiger charge is -2.13. The molecule has 1 heterocycles. The van der Waals surface area contributed by atoms with Crippen molar-refractivity contribution in [3.8, 4) is 11.4 Å². The summed E-state index contributed by atoms with van der Waals surface area (Å²) < 4.78 is 78.8. The molecule has 31 heavy (non-hydrogen) atoms. The fourth-order valence-electron chi connectivity index (χ4n) is 2.32. The lowest BCUT2D eigenvalue weighted by Crippen LogP contribution is -2.46. The van der Waals surface area contributed by atoms with E-state index < -0.39 is 35.0 Å². The van der Waals surface area contributed by atoms with E-state index in [1.807, 2.05) is 0 Å². The van der Waals surface area contributed by atoms with Gasteiger partial charge in [0, 0.05) is 23.9 Å². The van der Waals surface area contributed by atoms with Crippen LogP contribution in [0, 0.1) is 0 Å². The Hall–Kier alpha value is -3.16. The van der Waals surface area contributed by atoms with E-state index in [-0.39, 0.29) is 23.0 Å². The topological polar surface area (TPSA) is 83.9 Å². The first-order valence-electron chi connectivity index (χ1n) is 8.67. The zero-order valence-electron chi connectivity index (χ0n) is 15.4. The first kappa shape index (κ1) is 22.5. The van der Waals surface area contributed by atoms with E-state index in [1.165, 1.54) is 0 Å². The van der Waals surface area contributed by atoms with Crippen LogP contribution in [0.4, 0.5) is 26.3 Å². The number of hydrogen-bond acceptors (Lipinski definition) is 4. The van der Waals surface area contributed by atoms with Gasteiger partial charge in [-0.2, -0.15) is 26.3 Å². The highest BCUT2D eigenvalue weighted by molar-refractivity contribution is 7.80. The van der Waals surface area contributed by atoms with Crippen molar-refractivity contribution in [2.24, 2.45) is 0 Å². The summed E-state index contributed by atoms with van der Waals surface area (Å²) in [6, 6.07) is 1.33. The fraction of sp³-hybridized carbons (Fsp3) is 0.294. The third-order valence-electron chi connectivity index (χ3n) is 3.94. The average molecular weight is 464 g/mol. The number of nitrogens with zero attached hydrogens (tertiary/aromatic N) is 3. The Balaban J connectivity index is 1.71. The second-order valence-electron chi connectivity index (χ2n) is 6.52. The molecular formula is C17H14F6N6OS. The summed E-state index contributed by atoms with van der Waals surface area (Å²) in [5.41, 5.74) is 1.32. The second-order valence-corrected chi connectivity index (χ2v) is 6.93. The zero-order valence-corrected chi connectivity index (χ0v) is 16.2. The molecule has 0 aliphatic heterocycles. The number of rotatable bonds is 4. The van der Waals surface area contributed by atoms with Gasteiger partial charge in [-0.05, 0) is 43.3 Å². The van der Waals surface area contributed by atoms with Gasteiger partial charge in [-0.15, -0.1) is 5.10 Å². The first-order valence-corrected chi connectivity index (χ1v) is 9.08. The maximum Gasteiger partial charge on any atom is 0.416 e. The van der Waals surface area contributed by atoms with Crippen molar-refractivity contribution >= 4 is 29.4 Å². The van der Waals surface area contributed by atoms with Crippen molar-refractivity contribution in [3.05, 3.63) is 41.7 Å². The number of hydrazine groups is 1. The van der Waals surface area contributed by atoms with Crippen LogP contribution in [0.1, 0.15) is 24.0 Å². The Bertz CT molecular complexity index is 979. The summed E-state index contributed by atoms with van der Waals surface area (Å²) in [7, 11) is 0. The summed E-state index contributed by atoms with van der Waals surface area (Å²) in [6.45, 7) is 0. The van der Waals surface area contributed by atoms with E-state index in [4.69, 9.17) is 12.2 Å². The highest BCUT2D eigenvalue weighted by atomic mass is 32.1. The molecule has 1 aliphatic rings. The average Bonchev–Trinajstić information content (AvgIpc) is 3.36. The molecule has 1 aromatic carbocycles. The summed E-state index contributed by atoms with van der Waals surface area (Å²) in [5, 5.41) is 6.95. The molecule has 0 saturated heterocycles. The molecule has 0 bridgehead atoms. The molecule has 14 heteroatoms. The van der Waals surface area contributed by atoms with Gasteiger partial charge in [-0.25, -0.2) is 9.67 Å². The van der Waals surface area contributed by atoms with E-state index in [0.717, 1.165) is 36.1 Å². The van der Waals surface area contributed by atoms with E-state index in [2.05, 4.69) is 26.3 Å². The van der Waals surface area contributed by atoms with Crippen molar-refractivity contribution < 1.29 is 31.1 Å². The number of thiocarbonyl (C=S) groups is 1. The molecule has 166 valence electrons. The molecule has 0 unspecified atom stereocenters. The van der Waals surface area contributed by atoms with Gasteiger partial charge < -0.3 is 5.32 Å². The lowest BCUT2D eigenvalue weighted by atomic mass is 10.0. The number of aromatic nitrogens is 3. The van der Waals surface area contributed by atoms with Gasteiger partial charge in [-0.1, -0.05) is 0 Å². The fourth-order valence-corrected chi connectivity index (χ4v) is 2.53. The summed E-state index contributed by atoms with van der Waals surface area (Å²) >= 11 is 4.95. The Morgan fingerprint density at radius 2 is 1.68 bits per heavy atom. The number of benzene rings is 1. The van der Waals surface area contributed by atoms with Crippen molar-refractivity contribution in [2.45, 2.75) is 31.2 Å².